The van der Waals surface area contributed by atoms with E-state index in [1.54, 1.807) is 0 Å². The van der Waals surface area contributed by atoms with Gasteiger partial charge in [0.25, 0.3) is 0 Å². The van der Waals surface area contributed by atoms with Crippen LogP contribution in [0.5, 0.6) is 0 Å². The highest BCUT2D eigenvalue weighted by molar-refractivity contribution is 5.93. The topological polar surface area (TPSA) is 88.4 Å². The van der Waals surface area contributed by atoms with E-state index in [0.29, 0.717) is 18.8 Å². The molecule has 1 N–H and O–H groups in total. The SMILES string of the molecule is C=CCOC(=O)N1CC(C2=NOC(C(=O)O)C2)C1. The van der Waals surface area contributed by atoms with Gasteiger partial charge in [0.05, 0.1) is 5.71 Å². The zero-order chi connectivity index (χ0) is 13.1. The van der Waals surface area contributed by atoms with Crippen LogP contribution < -0.4 is 0 Å². The number of aliphatic carboxylic acids is 1. The molecule has 2 rings (SSSR count). The third-order valence-corrected chi connectivity index (χ3v) is 2.90. The van der Waals surface area contributed by atoms with Gasteiger partial charge in [-0.3, -0.25) is 0 Å². The zero-order valence-electron chi connectivity index (χ0n) is 9.74. The van der Waals surface area contributed by atoms with Gasteiger partial charge in [-0.1, -0.05) is 17.8 Å². The van der Waals surface area contributed by atoms with Crippen LogP contribution in [0.3, 0.4) is 0 Å². The molecule has 2 aliphatic heterocycles. The van der Waals surface area contributed by atoms with Crippen molar-refractivity contribution in [2.24, 2.45) is 11.1 Å². The van der Waals surface area contributed by atoms with E-state index in [4.69, 9.17) is 14.7 Å². The number of carboxylic acid groups (broad SMARTS) is 1. The summed E-state index contributed by atoms with van der Waals surface area (Å²) in [7, 11) is 0. The molecule has 18 heavy (non-hydrogen) atoms. The Labute approximate surface area is 104 Å². The first-order valence-corrected chi connectivity index (χ1v) is 5.59. The van der Waals surface area contributed by atoms with Gasteiger partial charge in [-0.25, -0.2) is 9.59 Å². The number of hydrogen-bond acceptors (Lipinski definition) is 5. The molecule has 1 amide bonds. The number of amides is 1. The molecule has 2 aliphatic rings. The van der Waals surface area contributed by atoms with E-state index >= 15 is 0 Å². The molecule has 7 nitrogen and oxygen atoms in total. The summed E-state index contributed by atoms with van der Waals surface area (Å²) < 4.78 is 4.87. The fraction of sp³-hybridized carbons (Fsp3) is 0.545. The predicted molar refractivity (Wildman–Crippen MR) is 61.2 cm³/mol. The molecule has 0 aromatic rings. The van der Waals surface area contributed by atoms with E-state index in [2.05, 4.69) is 11.7 Å². The van der Waals surface area contributed by atoms with Crippen molar-refractivity contribution in [1.29, 1.82) is 0 Å². The first-order chi connectivity index (χ1) is 8.61. The van der Waals surface area contributed by atoms with Crippen LogP contribution in [0.4, 0.5) is 4.79 Å². The van der Waals surface area contributed by atoms with Crippen molar-refractivity contribution in [2.45, 2.75) is 12.5 Å². The molecule has 0 aromatic heterocycles. The van der Waals surface area contributed by atoms with E-state index in [1.807, 2.05) is 0 Å². The molecule has 1 fully saturated rings. The molecule has 0 bridgehead atoms. The van der Waals surface area contributed by atoms with Crippen molar-refractivity contribution < 1.29 is 24.3 Å². The molecule has 1 atom stereocenters. The smallest absolute Gasteiger partial charge is 0.410 e. The highest BCUT2D eigenvalue weighted by Crippen LogP contribution is 2.24. The fourth-order valence-electron chi connectivity index (χ4n) is 1.83. The lowest BCUT2D eigenvalue weighted by molar-refractivity contribution is -0.148. The molecule has 0 spiro atoms. The summed E-state index contributed by atoms with van der Waals surface area (Å²) >= 11 is 0. The van der Waals surface area contributed by atoms with Crippen molar-refractivity contribution >= 4 is 17.8 Å². The van der Waals surface area contributed by atoms with Gasteiger partial charge in [-0.2, -0.15) is 0 Å². The van der Waals surface area contributed by atoms with Gasteiger partial charge in [0.1, 0.15) is 6.61 Å². The number of nitrogens with zero attached hydrogens (tertiary/aromatic N) is 2. The minimum atomic E-state index is -1.02. The summed E-state index contributed by atoms with van der Waals surface area (Å²) in [5.74, 6) is -0.944. The molecule has 0 radical (unpaired) electrons. The molecule has 7 heteroatoms. The third kappa shape index (κ3) is 2.44. The number of hydrogen-bond donors (Lipinski definition) is 1. The van der Waals surface area contributed by atoms with Crippen molar-refractivity contribution in [3.05, 3.63) is 12.7 Å². The Morgan fingerprint density at radius 2 is 2.33 bits per heavy atom. The van der Waals surface area contributed by atoms with E-state index in [0.717, 1.165) is 0 Å². The Hall–Kier alpha value is -2.05. The quantitative estimate of drug-likeness (QED) is 0.737. The highest BCUT2D eigenvalue weighted by Gasteiger charge is 2.40. The number of likely N-dealkylation sites (tertiary alicyclic amines) is 1. The largest absolute Gasteiger partial charge is 0.478 e. The number of rotatable bonds is 4. The van der Waals surface area contributed by atoms with Crippen LogP contribution in [-0.4, -0.2) is 53.6 Å². The molecule has 98 valence electrons. The Bertz CT molecular complexity index is 400. The molecule has 0 saturated carbocycles. The van der Waals surface area contributed by atoms with Gasteiger partial charge in [-0.15, -0.1) is 0 Å². The number of carbonyl (C=O) groups is 2. The maximum absolute atomic E-state index is 11.4. The second-order valence-corrected chi connectivity index (χ2v) is 4.19. The van der Waals surface area contributed by atoms with Crippen LogP contribution >= 0.6 is 0 Å². The van der Waals surface area contributed by atoms with Crippen LogP contribution in [0.15, 0.2) is 17.8 Å². The maximum Gasteiger partial charge on any atom is 0.410 e. The lowest BCUT2D eigenvalue weighted by Crippen LogP contribution is -2.53. The monoisotopic (exact) mass is 254 g/mol. The fourth-order valence-corrected chi connectivity index (χ4v) is 1.83. The van der Waals surface area contributed by atoms with Crippen LogP contribution in [0, 0.1) is 5.92 Å². The summed E-state index contributed by atoms with van der Waals surface area (Å²) in [6.07, 6.45) is 0.513. The van der Waals surface area contributed by atoms with E-state index in [1.165, 1.54) is 11.0 Å². The average Bonchev–Trinajstić information content (AvgIpc) is 2.73. The summed E-state index contributed by atoms with van der Waals surface area (Å²) in [6.45, 7) is 4.62. The molecule has 2 heterocycles. The second kappa shape index (κ2) is 5.07. The molecule has 0 aromatic carbocycles. The van der Waals surface area contributed by atoms with E-state index < -0.39 is 12.1 Å². The second-order valence-electron chi connectivity index (χ2n) is 4.19. The van der Waals surface area contributed by atoms with Gasteiger partial charge in [0, 0.05) is 25.4 Å². The number of carbonyl (C=O) groups excluding carboxylic acids is 1. The Morgan fingerprint density at radius 1 is 1.61 bits per heavy atom. The van der Waals surface area contributed by atoms with Crippen molar-refractivity contribution in [3.8, 4) is 0 Å². The van der Waals surface area contributed by atoms with Gasteiger partial charge in [0.15, 0.2) is 0 Å². The average molecular weight is 254 g/mol. The van der Waals surface area contributed by atoms with Gasteiger partial charge in [0.2, 0.25) is 6.10 Å². The standard InChI is InChI=1S/C11H14N2O5/c1-2-3-17-11(16)13-5-7(6-13)8-4-9(10(14)15)18-12-8/h2,7,9H,1,3-6H2,(H,14,15). The Balaban J connectivity index is 1.75. The minimum Gasteiger partial charge on any atom is -0.478 e. The van der Waals surface area contributed by atoms with Gasteiger partial charge in [-0.05, 0) is 0 Å². The van der Waals surface area contributed by atoms with Crippen LogP contribution in [0.25, 0.3) is 0 Å². The van der Waals surface area contributed by atoms with E-state index in [-0.39, 0.29) is 25.0 Å². The molecular formula is C11H14N2O5. The van der Waals surface area contributed by atoms with Crippen molar-refractivity contribution in [1.82, 2.24) is 4.90 Å². The number of oxime groups is 1. The number of ether oxygens (including phenoxy) is 1. The van der Waals surface area contributed by atoms with Crippen LogP contribution in [0.2, 0.25) is 0 Å². The lowest BCUT2D eigenvalue weighted by atomic mass is 9.92. The Morgan fingerprint density at radius 3 is 2.89 bits per heavy atom. The Kier molecular flexibility index (Phi) is 3.50. The molecule has 1 unspecified atom stereocenters. The van der Waals surface area contributed by atoms with Crippen LogP contribution in [0.1, 0.15) is 6.42 Å². The van der Waals surface area contributed by atoms with E-state index in [9.17, 15) is 9.59 Å². The van der Waals surface area contributed by atoms with Crippen LogP contribution in [-0.2, 0) is 14.4 Å². The summed E-state index contributed by atoms with van der Waals surface area (Å²) in [6, 6.07) is 0. The minimum absolute atomic E-state index is 0.0747. The molecule has 0 aliphatic carbocycles. The van der Waals surface area contributed by atoms with Crippen molar-refractivity contribution in [3.63, 3.8) is 0 Å². The van der Waals surface area contributed by atoms with Crippen molar-refractivity contribution in [2.75, 3.05) is 19.7 Å². The van der Waals surface area contributed by atoms with Gasteiger partial charge >= 0.3 is 12.1 Å². The molecule has 1 saturated heterocycles. The zero-order valence-corrected chi connectivity index (χ0v) is 9.74. The third-order valence-electron chi connectivity index (χ3n) is 2.90. The first kappa shape index (κ1) is 12.4. The first-order valence-electron chi connectivity index (χ1n) is 5.59. The maximum atomic E-state index is 11.4. The number of carboxylic acids is 1. The highest BCUT2D eigenvalue weighted by atomic mass is 16.7. The van der Waals surface area contributed by atoms with Gasteiger partial charge < -0.3 is 19.6 Å². The summed E-state index contributed by atoms with van der Waals surface area (Å²) in [5.41, 5.74) is 0.704. The predicted octanol–water partition coefficient (Wildman–Crippen LogP) is 0.470. The summed E-state index contributed by atoms with van der Waals surface area (Å²) in [4.78, 5) is 28.4. The normalized spacial score (nSPS) is 22.8. The molecular weight excluding hydrogens is 240 g/mol. The lowest BCUT2D eigenvalue weighted by Gasteiger charge is -2.37. The summed E-state index contributed by atoms with van der Waals surface area (Å²) in [5, 5.41) is 12.5.